The lowest BCUT2D eigenvalue weighted by Crippen LogP contribution is -2.33. The summed E-state index contributed by atoms with van der Waals surface area (Å²) in [6, 6.07) is 18.4. The number of nitrogens with one attached hydrogen (secondary N) is 3. The molecule has 0 heterocycles. The van der Waals surface area contributed by atoms with E-state index in [0.717, 1.165) is 4.47 Å². The Kier molecular flexibility index (Phi) is 8.36. The number of para-hydroxylation sites is 1. The van der Waals surface area contributed by atoms with Crippen molar-refractivity contribution in [2.45, 2.75) is 0 Å². The highest BCUT2D eigenvalue weighted by molar-refractivity contribution is 9.10. The second kappa shape index (κ2) is 11.6. The number of methoxy groups -OCH3 is 2. The minimum Gasteiger partial charge on any atom is -0.493 e. The summed E-state index contributed by atoms with van der Waals surface area (Å²) in [5, 5.41) is 8.97. The minimum atomic E-state index is -1.00. The Morgan fingerprint density at radius 1 is 0.853 bits per heavy atom. The Morgan fingerprint density at radius 2 is 1.56 bits per heavy atom. The Bertz CT molecular complexity index is 1230. The Hall–Kier alpha value is -4.18. The molecule has 34 heavy (non-hydrogen) atoms. The van der Waals surface area contributed by atoms with E-state index in [1.165, 1.54) is 32.6 Å². The fraction of sp³-hybridized carbons (Fsp3) is 0.0833. The van der Waals surface area contributed by atoms with Gasteiger partial charge in [-0.1, -0.05) is 28.1 Å². The lowest BCUT2D eigenvalue weighted by atomic mass is 10.1. The first-order chi connectivity index (χ1) is 16.4. The molecule has 174 valence electrons. The lowest BCUT2D eigenvalue weighted by Gasteiger charge is -2.11. The summed E-state index contributed by atoms with van der Waals surface area (Å²) in [7, 11) is 3.02. The van der Waals surface area contributed by atoms with E-state index in [4.69, 9.17) is 9.47 Å². The number of halogens is 1. The summed E-state index contributed by atoms with van der Waals surface area (Å²) in [5.74, 6) is -1.38. The SMILES string of the molecule is COc1ccc(C=NNC(=O)C(=O)Nc2ccccc2C(=O)Nc2ccc(Br)cc2)cc1OC. The van der Waals surface area contributed by atoms with Crippen LogP contribution in [0.4, 0.5) is 11.4 Å². The standard InChI is InChI=1S/C24H21BrN4O5/c1-33-20-12-7-15(13-21(20)34-2)14-26-29-24(32)23(31)28-19-6-4-3-5-18(19)22(30)27-17-10-8-16(25)9-11-17/h3-14H,1-2H3,(H,27,30)(H,28,31)(H,29,32). The predicted octanol–water partition coefficient (Wildman–Crippen LogP) is 3.81. The zero-order chi connectivity index (χ0) is 24.5. The number of amides is 3. The molecule has 0 saturated carbocycles. The fourth-order valence-corrected chi connectivity index (χ4v) is 3.11. The molecule has 3 N–H and O–H groups in total. The van der Waals surface area contributed by atoms with Crippen molar-refractivity contribution in [2.24, 2.45) is 5.10 Å². The van der Waals surface area contributed by atoms with Crippen LogP contribution in [0.15, 0.2) is 76.3 Å². The van der Waals surface area contributed by atoms with E-state index >= 15 is 0 Å². The second-order valence-corrected chi connectivity index (χ2v) is 7.69. The Labute approximate surface area is 204 Å². The number of rotatable bonds is 7. The average Bonchev–Trinajstić information content (AvgIpc) is 2.85. The predicted molar refractivity (Wildman–Crippen MR) is 132 cm³/mol. The van der Waals surface area contributed by atoms with Gasteiger partial charge in [-0.2, -0.15) is 5.10 Å². The maximum Gasteiger partial charge on any atom is 0.329 e. The van der Waals surface area contributed by atoms with Crippen molar-refractivity contribution in [1.29, 1.82) is 0 Å². The molecule has 0 bridgehead atoms. The zero-order valence-corrected chi connectivity index (χ0v) is 19.9. The smallest absolute Gasteiger partial charge is 0.329 e. The van der Waals surface area contributed by atoms with Crippen LogP contribution in [0, 0.1) is 0 Å². The van der Waals surface area contributed by atoms with Crippen LogP contribution in [0.1, 0.15) is 15.9 Å². The molecule has 3 aromatic carbocycles. The van der Waals surface area contributed by atoms with Crippen LogP contribution in [-0.4, -0.2) is 38.2 Å². The van der Waals surface area contributed by atoms with Gasteiger partial charge in [-0.25, -0.2) is 5.43 Å². The van der Waals surface area contributed by atoms with Gasteiger partial charge in [0.05, 0.1) is 31.7 Å². The molecule has 0 aliphatic heterocycles. The van der Waals surface area contributed by atoms with Crippen LogP contribution in [0.3, 0.4) is 0 Å². The zero-order valence-electron chi connectivity index (χ0n) is 18.3. The van der Waals surface area contributed by atoms with E-state index in [1.807, 2.05) is 0 Å². The highest BCUT2D eigenvalue weighted by Gasteiger charge is 2.18. The Balaban J connectivity index is 1.63. The van der Waals surface area contributed by atoms with Gasteiger partial charge in [0.15, 0.2) is 11.5 Å². The normalized spacial score (nSPS) is 10.4. The quantitative estimate of drug-likeness (QED) is 0.246. The molecule has 0 aromatic heterocycles. The van der Waals surface area contributed by atoms with Gasteiger partial charge in [-0.05, 0) is 60.2 Å². The third kappa shape index (κ3) is 6.42. The lowest BCUT2D eigenvalue weighted by molar-refractivity contribution is -0.136. The molecule has 0 aliphatic rings. The molecular formula is C24H21BrN4O5. The first-order valence-electron chi connectivity index (χ1n) is 9.93. The molecule has 3 rings (SSSR count). The highest BCUT2D eigenvalue weighted by atomic mass is 79.9. The third-order valence-electron chi connectivity index (χ3n) is 4.52. The second-order valence-electron chi connectivity index (χ2n) is 6.77. The molecule has 0 aliphatic carbocycles. The van der Waals surface area contributed by atoms with E-state index in [2.05, 4.69) is 37.1 Å². The molecule has 10 heteroatoms. The number of benzene rings is 3. The van der Waals surface area contributed by atoms with Gasteiger partial charge in [-0.3, -0.25) is 14.4 Å². The number of carbonyl (C=O) groups is 3. The van der Waals surface area contributed by atoms with Crippen molar-refractivity contribution < 1.29 is 23.9 Å². The van der Waals surface area contributed by atoms with Crippen molar-refractivity contribution in [3.05, 3.63) is 82.3 Å². The van der Waals surface area contributed by atoms with Crippen LogP contribution in [0.5, 0.6) is 11.5 Å². The number of hydrogen-bond acceptors (Lipinski definition) is 6. The number of hydrogen-bond donors (Lipinski definition) is 3. The van der Waals surface area contributed by atoms with Crippen LogP contribution in [0.25, 0.3) is 0 Å². The molecule has 3 amide bonds. The minimum absolute atomic E-state index is 0.182. The van der Waals surface area contributed by atoms with Gasteiger partial charge < -0.3 is 20.1 Å². The van der Waals surface area contributed by atoms with Crippen molar-refractivity contribution in [2.75, 3.05) is 24.9 Å². The number of ether oxygens (including phenoxy) is 2. The molecule has 0 fully saturated rings. The fourth-order valence-electron chi connectivity index (χ4n) is 2.85. The summed E-state index contributed by atoms with van der Waals surface area (Å²) in [6.45, 7) is 0. The van der Waals surface area contributed by atoms with E-state index in [1.54, 1.807) is 54.6 Å². The van der Waals surface area contributed by atoms with Crippen LogP contribution < -0.4 is 25.5 Å². The van der Waals surface area contributed by atoms with Crippen LogP contribution in [0.2, 0.25) is 0 Å². The van der Waals surface area contributed by atoms with E-state index in [-0.39, 0.29) is 11.3 Å². The van der Waals surface area contributed by atoms with Gasteiger partial charge in [0, 0.05) is 10.2 Å². The van der Waals surface area contributed by atoms with Crippen molar-refractivity contribution in [1.82, 2.24) is 5.43 Å². The maximum absolute atomic E-state index is 12.7. The van der Waals surface area contributed by atoms with Crippen LogP contribution >= 0.6 is 15.9 Å². The first-order valence-corrected chi connectivity index (χ1v) is 10.7. The van der Waals surface area contributed by atoms with Crippen molar-refractivity contribution >= 4 is 51.2 Å². The molecule has 0 radical (unpaired) electrons. The third-order valence-corrected chi connectivity index (χ3v) is 5.04. The van der Waals surface area contributed by atoms with Gasteiger partial charge in [0.1, 0.15) is 0 Å². The number of anilines is 2. The summed E-state index contributed by atoms with van der Waals surface area (Å²) < 4.78 is 11.2. The maximum atomic E-state index is 12.7. The highest BCUT2D eigenvalue weighted by Crippen LogP contribution is 2.26. The number of hydrazone groups is 1. The van der Waals surface area contributed by atoms with E-state index < -0.39 is 17.7 Å². The van der Waals surface area contributed by atoms with Gasteiger partial charge in [-0.15, -0.1) is 0 Å². The molecule has 0 unspecified atom stereocenters. The summed E-state index contributed by atoms with van der Waals surface area (Å²) in [6.07, 6.45) is 1.35. The van der Waals surface area contributed by atoms with Gasteiger partial charge >= 0.3 is 11.8 Å². The van der Waals surface area contributed by atoms with Gasteiger partial charge in [0.25, 0.3) is 5.91 Å². The monoisotopic (exact) mass is 524 g/mol. The van der Waals surface area contributed by atoms with Crippen molar-refractivity contribution in [3.63, 3.8) is 0 Å². The summed E-state index contributed by atoms with van der Waals surface area (Å²) in [5.41, 5.74) is 3.73. The molecule has 3 aromatic rings. The van der Waals surface area contributed by atoms with Gasteiger partial charge in [0.2, 0.25) is 0 Å². The van der Waals surface area contributed by atoms with Crippen molar-refractivity contribution in [3.8, 4) is 11.5 Å². The molecule has 0 spiro atoms. The molecule has 0 saturated heterocycles. The molecular weight excluding hydrogens is 504 g/mol. The van der Waals surface area contributed by atoms with E-state index in [9.17, 15) is 14.4 Å². The molecule has 0 atom stereocenters. The first kappa shape index (κ1) is 24.5. The number of carbonyl (C=O) groups excluding carboxylic acids is 3. The average molecular weight is 525 g/mol. The van der Waals surface area contributed by atoms with E-state index in [0.29, 0.717) is 22.7 Å². The topological polar surface area (TPSA) is 118 Å². The van der Waals surface area contributed by atoms with Crippen LogP contribution in [-0.2, 0) is 9.59 Å². The number of nitrogens with zero attached hydrogens (tertiary/aromatic N) is 1. The largest absolute Gasteiger partial charge is 0.493 e. The Morgan fingerprint density at radius 3 is 2.26 bits per heavy atom. The summed E-state index contributed by atoms with van der Waals surface area (Å²) in [4.78, 5) is 37.2. The summed E-state index contributed by atoms with van der Waals surface area (Å²) >= 11 is 3.33. The molecule has 9 nitrogen and oxygen atoms in total.